The largest absolute Gasteiger partial charge is 0.493 e. The zero-order chi connectivity index (χ0) is 11.3. The minimum absolute atomic E-state index is 0.205. The van der Waals surface area contributed by atoms with Crippen LogP contribution in [0.15, 0.2) is 18.2 Å². The van der Waals surface area contributed by atoms with Gasteiger partial charge in [-0.3, -0.25) is 0 Å². The SMILES string of the molecule is COc1cccc(OC)c1OC[C@@H](C)O. The van der Waals surface area contributed by atoms with Crippen LogP contribution < -0.4 is 14.2 Å². The number of hydrogen-bond acceptors (Lipinski definition) is 4. The first-order valence-electron chi connectivity index (χ1n) is 4.71. The summed E-state index contributed by atoms with van der Waals surface area (Å²) in [5, 5.41) is 9.13. The molecule has 0 aliphatic carbocycles. The zero-order valence-electron chi connectivity index (χ0n) is 9.19. The highest BCUT2D eigenvalue weighted by Gasteiger charge is 2.11. The molecule has 0 spiro atoms. The lowest BCUT2D eigenvalue weighted by molar-refractivity contribution is 0.118. The van der Waals surface area contributed by atoms with E-state index in [2.05, 4.69) is 0 Å². The molecule has 1 N–H and O–H groups in total. The smallest absolute Gasteiger partial charge is 0.203 e. The van der Waals surface area contributed by atoms with Crippen molar-refractivity contribution in [2.45, 2.75) is 13.0 Å². The molecule has 84 valence electrons. The Hall–Kier alpha value is -1.42. The van der Waals surface area contributed by atoms with Crippen molar-refractivity contribution in [1.29, 1.82) is 0 Å². The van der Waals surface area contributed by atoms with Crippen molar-refractivity contribution in [2.24, 2.45) is 0 Å². The molecule has 0 aromatic heterocycles. The van der Waals surface area contributed by atoms with Crippen LogP contribution in [-0.4, -0.2) is 32.0 Å². The van der Waals surface area contributed by atoms with E-state index in [0.29, 0.717) is 17.2 Å². The predicted octanol–water partition coefficient (Wildman–Crippen LogP) is 1.46. The number of aliphatic hydroxyl groups is 1. The van der Waals surface area contributed by atoms with Crippen LogP contribution in [0.1, 0.15) is 6.92 Å². The third kappa shape index (κ3) is 3.02. The molecule has 0 heterocycles. The van der Waals surface area contributed by atoms with E-state index in [0.717, 1.165) is 0 Å². The fourth-order valence-corrected chi connectivity index (χ4v) is 1.16. The Kier molecular flexibility index (Phi) is 4.24. The van der Waals surface area contributed by atoms with E-state index in [1.807, 2.05) is 6.07 Å². The molecule has 4 nitrogen and oxygen atoms in total. The summed E-state index contributed by atoms with van der Waals surface area (Å²) in [5.41, 5.74) is 0. The van der Waals surface area contributed by atoms with E-state index in [4.69, 9.17) is 19.3 Å². The van der Waals surface area contributed by atoms with Crippen molar-refractivity contribution in [2.75, 3.05) is 20.8 Å². The van der Waals surface area contributed by atoms with Gasteiger partial charge in [-0.1, -0.05) is 6.07 Å². The monoisotopic (exact) mass is 212 g/mol. The molecule has 0 fully saturated rings. The molecule has 1 atom stereocenters. The molecule has 0 radical (unpaired) electrons. The van der Waals surface area contributed by atoms with E-state index in [-0.39, 0.29) is 6.61 Å². The van der Waals surface area contributed by atoms with Gasteiger partial charge in [0, 0.05) is 0 Å². The van der Waals surface area contributed by atoms with Gasteiger partial charge in [0.05, 0.1) is 20.3 Å². The molecular formula is C11H16O4. The van der Waals surface area contributed by atoms with E-state index in [1.54, 1.807) is 33.3 Å². The van der Waals surface area contributed by atoms with Crippen LogP contribution in [0.4, 0.5) is 0 Å². The summed E-state index contributed by atoms with van der Waals surface area (Å²) in [6.07, 6.45) is -0.528. The van der Waals surface area contributed by atoms with E-state index >= 15 is 0 Å². The van der Waals surface area contributed by atoms with Crippen molar-refractivity contribution in [3.63, 3.8) is 0 Å². The van der Waals surface area contributed by atoms with E-state index in [1.165, 1.54) is 0 Å². The Labute approximate surface area is 89.4 Å². The second kappa shape index (κ2) is 5.46. The average Bonchev–Trinajstić information content (AvgIpc) is 2.25. The van der Waals surface area contributed by atoms with Gasteiger partial charge in [0.15, 0.2) is 11.5 Å². The molecule has 0 bridgehead atoms. The molecule has 1 aromatic carbocycles. The molecule has 0 aliphatic heterocycles. The van der Waals surface area contributed by atoms with Crippen LogP contribution >= 0.6 is 0 Å². The van der Waals surface area contributed by atoms with Crippen LogP contribution in [0.2, 0.25) is 0 Å². The first-order valence-corrected chi connectivity index (χ1v) is 4.71. The van der Waals surface area contributed by atoms with Crippen LogP contribution in [0.5, 0.6) is 17.2 Å². The van der Waals surface area contributed by atoms with Crippen molar-refractivity contribution < 1.29 is 19.3 Å². The summed E-state index contributed by atoms with van der Waals surface area (Å²) in [6.45, 7) is 1.86. The number of hydrogen-bond donors (Lipinski definition) is 1. The second-order valence-electron chi connectivity index (χ2n) is 3.15. The number of aliphatic hydroxyl groups excluding tert-OH is 1. The number of benzene rings is 1. The lowest BCUT2D eigenvalue weighted by atomic mass is 10.3. The van der Waals surface area contributed by atoms with Gasteiger partial charge >= 0.3 is 0 Å². The van der Waals surface area contributed by atoms with Crippen molar-refractivity contribution in [3.05, 3.63) is 18.2 Å². The summed E-state index contributed by atoms with van der Waals surface area (Å²) in [4.78, 5) is 0. The van der Waals surface area contributed by atoms with Gasteiger partial charge in [-0.15, -0.1) is 0 Å². The molecular weight excluding hydrogens is 196 g/mol. The van der Waals surface area contributed by atoms with Crippen LogP contribution in [0, 0.1) is 0 Å². The predicted molar refractivity (Wildman–Crippen MR) is 56.7 cm³/mol. The first-order chi connectivity index (χ1) is 7.19. The zero-order valence-corrected chi connectivity index (χ0v) is 9.19. The quantitative estimate of drug-likeness (QED) is 0.802. The minimum Gasteiger partial charge on any atom is -0.493 e. The Bertz CT molecular complexity index is 287. The van der Waals surface area contributed by atoms with Gasteiger partial charge in [0.25, 0.3) is 0 Å². The molecule has 1 rings (SSSR count). The molecule has 1 aromatic rings. The molecule has 0 saturated carbocycles. The average molecular weight is 212 g/mol. The molecule has 4 heteroatoms. The summed E-state index contributed by atoms with van der Waals surface area (Å²) >= 11 is 0. The Balaban J connectivity index is 2.89. The maximum absolute atomic E-state index is 9.13. The van der Waals surface area contributed by atoms with E-state index < -0.39 is 6.10 Å². The highest BCUT2D eigenvalue weighted by Crippen LogP contribution is 2.36. The van der Waals surface area contributed by atoms with Gasteiger partial charge < -0.3 is 19.3 Å². The van der Waals surface area contributed by atoms with Crippen molar-refractivity contribution in [3.8, 4) is 17.2 Å². The number of methoxy groups -OCH3 is 2. The highest BCUT2D eigenvalue weighted by molar-refractivity contribution is 5.51. The maximum Gasteiger partial charge on any atom is 0.203 e. The summed E-state index contributed by atoms with van der Waals surface area (Å²) in [5.74, 6) is 1.70. The Morgan fingerprint density at radius 2 is 1.73 bits per heavy atom. The van der Waals surface area contributed by atoms with E-state index in [9.17, 15) is 0 Å². The maximum atomic E-state index is 9.13. The number of para-hydroxylation sites is 1. The lowest BCUT2D eigenvalue weighted by Crippen LogP contribution is -2.13. The van der Waals surface area contributed by atoms with Crippen LogP contribution in [0.3, 0.4) is 0 Å². The third-order valence-corrected chi connectivity index (χ3v) is 1.85. The third-order valence-electron chi connectivity index (χ3n) is 1.85. The summed E-state index contributed by atoms with van der Waals surface area (Å²) in [7, 11) is 3.12. The van der Waals surface area contributed by atoms with Gasteiger partial charge in [0.1, 0.15) is 6.61 Å². The van der Waals surface area contributed by atoms with Gasteiger partial charge in [-0.05, 0) is 19.1 Å². The number of ether oxygens (including phenoxy) is 3. The van der Waals surface area contributed by atoms with Crippen LogP contribution in [0.25, 0.3) is 0 Å². The Morgan fingerprint density at radius 3 is 2.13 bits per heavy atom. The Morgan fingerprint density at radius 1 is 1.20 bits per heavy atom. The standard InChI is InChI=1S/C11H16O4/c1-8(12)7-15-11-9(13-2)5-4-6-10(11)14-3/h4-6,8,12H,7H2,1-3H3/t8-/m1/s1. The molecule has 15 heavy (non-hydrogen) atoms. The van der Waals surface area contributed by atoms with Gasteiger partial charge in [-0.2, -0.15) is 0 Å². The molecule has 0 amide bonds. The normalized spacial score (nSPS) is 12.0. The fraction of sp³-hybridized carbons (Fsp3) is 0.455. The lowest BCUT2D eigenvalue weighted by Gasteiger charge is -2.14. The fourth-order valence-electron chi connectivity index (χ4n) is 1.16. The van der Waals surface area contributed by atoms with Gasteiger partial charge in [-0.25, -0.2) is 0 Å². The summed E-state index contributed by atoms with van der Waals surface area (Å²) < 4.78 is 15.7. The highest BCUT2D eigenvalue weighted by atomic mass is 16.5. The first kappa shape index (κ1) is 11.7. The topological polar surface area (TPSA) is 47.9 Å². The molecule has 0 unspecified atom stereocenters. The minimum atomic E-state index is -0.528. The summed E-state index contributed by atoms with van der Waals surface area (Å²) in [6, 6.07) is 5.37. The van der Waals surface area contributed by atoms with Crippen molar-refractivity contribution in [1.82, 2.24) is 0 Å². The molecule has 0 saturated heterocycles. The molecule has 0 aliphatic rings. The van der Waals surface area contributed by atoms with Gasteiger partial charge in [0.2, 0.25) is 5.75 Å². The van der Waals surface area contributed by atoms with Crippen LogP contribution in [-0.2, 0) is 0 Å². The second-order valence-corrected chi connectivity index (χ2v) is 3.15. The van der Waals surface area contributed by atoms with Crippen molar-refractivity contribution >= 4 is 0 Å². The number of rotatable bonds is 5.